The molecule has 0 radical (unpaired) electrons. The van der Waals surface area contributed by atoms with Crippen molar-refractivity contribution in [2.24, 2.45) is 0 Å². The lowest BCUT2D eigenvalue weighted by molar-refractivity contribution is 1.20. The number of aromatic nitrogens is 1. The summed E-state index contributed by atoms with van der Waals surface area (Å²) >= 11 is 3.41. The van der Waals surface area contributed by atoms with Gasteiger partial charge < -0.3 is 0 Å². The van der Waals surface area contributed by atoms with E-state index >= 15 is 0 Å². The Kier molecular flexibility index (Phi) is 3.33. The molecule has 2 nitrogen and oxygen atoms in total. The van der Waals surface area contributed by atoms with Gasteiger partial charge in [0.05, 0.1) is 11.8 Å². The number of nitrogens with zero attached hydrogens (tertiary/aromatic N) is 2. The molecular weight excluding hydrogens is 264 g/mol. The van der Waals surface area contributed by atoms with E-state index in [0.29, 0.717) is 5.33 Å². The Bertz CT molecular complexity index is 582. The van der Waals surface area contributed by atoms with Crippen LogP contribution < -0.4 is 0 Å². The van der Waals surface area contributed by atoms with Crippen molar-refractivity contribution in [1.29, 1.82) is 5.26 Å². The zero-order valence-electron chi connectivity index (χ0n) is 8.52. The van der Waals surface area contributed by atoms with E-state index in [1.165, 1.54) is 6.08 Å². The predicted octanol–water partition coefficient (Wildman–Crippen LogP) is 3.67. The molecule has 0 bridgehead atoms. The van der Waals surface area contributed by atoms with Crippen molar-refractivity contribution < 1.29 is 0 Å². The first kappa shape index (κ1) is 10.8. The number of hydrogen-bond donors (Lipinski definition) is 0. The van der Waals surface area contributed by atoms with Crippen LogP contribution in [0.15, 0.2) is 36.5 Å². The first-order chi connectivity index (χ1) is 7.86. The number of rotatable bonds is 2. The minimum Gasteiger partial charge on any atom is -0.259 e. The standard InChI is InChI=1S/C13H9BrN2/c14-8-13-12(6-3-7-15)11-5-2-1-4-10(11)9-16-13/h1-6,9H,8H2/b6-3+. The predicted molar refractivity (Wildman–Crippen MR) is 69.0 cm³/mol. The first-order valence-electron chi connectivity index (χ1n) is 4.85. The summed E-state index contributed by atoms with van der Waals surface area (Å²) in [6.45, 7) is 0. The average Bonchev–Trinajstić information content (AvgIpc) is 2.35. The van der Waals surface area contributed by atoms with E-state index in [0.717, 1.165) is 22.0 Å². The van der Waals surface area contributed by atoms with Crippen molar-refractivity contribution in [2.75, 3.05) is 0 Å². The topological polar surface area (TPSA) is 36.7 Å². The van der Waals surface area contributed by atoms with Gasteiger partial charge in [0.25, 0.3) is 0 Å². The molecule has 2 rings (SSSR count). The maximum atomic E-state index is 8.59. The fourth-order valence-corrected chi connectivity index (χ4v) is 2.09. The summed E-state index contributed by atoms with van der Waals surface area (Å²) in [7, 11) is 0. The van der Waals surface area contributed by atoms with E-state index in [-0.39, 0.29) is 0 Å². The third-order valence-electron chi connectivity index (χ3n) is 2.37. The second-order valence-corrected chi connectivity index (χ2v) is 3.86. The molecule has 0 saturated carbocycles. The number of alkyl halides is 1. The lowest BCUT2D eigenvalue weighted by Gasteiger charge is -2.06. The highest BCUT2D eigenvalue weighted by atomic mass is 79.9. The van der Waals surface area contributed by atoms with Crippen molar-refractivity contribution in [2.45, 2.75) is 5.33 Å². The molecule has 1 aromatic heterocycles. The van der Waals surface area contributed by atoms with E-state index in [1.807, 2.05) is 42.6 Å². The summed E-state index contributed by atoms with van der Waals surface area (Å²) in [6.07, 6.45) is 5.15. The number of hydrogen-bond acceptors (Lipinski definition) is 2. The van der Waals surface area contributed by atoms with Crippen LogP contribution in [-0.4, -0.2) is 4.98 Å². The molecule has 0 saturated heterocycles. The number of allylic oxidation sites excluding steroid dienone is 1. The van der Waals surface area contributed by atoms with E-state index in [2.05, 4.69) is 20.9 Å². The van der Waals surface area contributed by atoms with Crippen molar-refractivity contribution >= 4 is 32.8 Å². The highest BCUT2D eigenvalue weighted by Crippen LogP contribution is 2.23. The van der Waals surface area contributed by atoms with Crippen LogP contribution in [0.4, 0.5) is 0 Å². The van der Waals surface area contributed by atoms with Crippen LogP contribution in [0.2, 0.25) is 0 Å². The monoisotopic (exact) mass is 272 g/mol. The maximum Gasteiger partial charge on any atom is 0.0912 e. The van der Waals surface area contributed by atoms with Gasteiger partial charge in [-0.3, -0.25) is 4.98 Å². The number of halogens is 1. The Morgan fingerprint density at radius 2 is 2.19 bits per heavy atom. The molecule has 0 N–H and O–H groups in total. The van der Waals surface area contributed by atoms with Crippen LogP contribution in [0.25, 0.3) is 16.8 Å². The normalized spacial score (nSPS) is 10.8. The first-order valence-corrected chi connectivity index (χ1v) is 5.97. The quantitative estimate of drug-likeness (QED) is 0.618. The lowest BCUT2D eigenvalue weighted by atomic mass is 10.0. The van der Waals surface area contributed by atoms with Crippen molar-refractivity contribution in [3.05, 3.63) is 47.8 Å². The summed E-state index contributed by atoms with van der Waals surface area (Å²) in [5.41, 5.74) is 1.96. The van der Waals surface area contributed by atoms with Crippen LogP contribution in [0.5, 0.6) is 0 Å². The SMILES string of the molecule is N#C/C=C/c1c(CBr)ncc2ccccc12. The Hall–Kier alpha value is -1.66. The minimum atomic E-state index is 0.683. The fourth-order valence-electron chi connectivity index (χ4n) is 1.64. The molecule has 0 aliphatic carbocycles. The summed E-state index contributed by atoms with van der Waals surface area (Å²) in [5, 5.41) is 11.5. The lowest BCUT2D eigenvalue weighted by Crippen LogP contribution is -1.91. The van der Waals surface area contributed by atoms with Gasteiger partial charge in [-0.25, -0.2) is 0 Å². The Balaban J connectivity index is 2.74. The largest absolute Gasteiger partial charge is 0.259 e. The molecule has 1 aromatic carbocycles. The maximum absolute atomic E-state index is 8.59. The van der Waals surface area contributed by atoms with Gasteiger partial charge in [-0.1, -0.05) is 40.2 Å². The number of nitriles is 1. The molecule has 0 unspecified atom stereocenters. The Morgan fingerprint density at radius 1 is 1.38 bits per heavy atom. The van der Waals surface area contributed by atoms with Gasteiger partial charge in [-0.05, 0) is 11.5 Å². The molecule has 3 heteroatoms. The van der Waals surface area contributed by atoms with E-state index in [9.17, 15) is 0 Å². The highest BCUT2D eigenvalue weighted by molar-refractivity contribution is 9.08. The molecule has 2 aromatic rings. The van der Waals surface area contributed by atoms with Gasteiger partial charge in [0.2, 0.25) is 0 Å². The fraction of sp³-hybridized carbons (Fsp3) is 0.0769. The zero-order valence-corrected chi connectivity index (χ0v) is 10.1. The van der Waals surface area contributed by atoms with Gasteiger partial charge in [0.15, 0.2) is 0 Å². The number of pyridine rings is 1. The number of benzene rings is 1. The smallest absolute Gasteiger partial charge is 0.0912 e. The van der Waals surface area contributed by atoms with E-state index < -0.39 is 0 Å². The molecule has 16 heavy (non-hydrogen) atoms. The molecule has 0 atom stereocenters. The zero-order chi connectivity index (χ0) is 11.4. The molecule has 1 heterocycles. The molecule has 0 fully saturated rings. The van der Waals surface area contributed by atoms with Gasteiger partial charge in [0.1, 0.15) is 0 Å². The Labute approximate surface area is 102 Å². The van der Waals surface area contributed by atoms with Crippen LogP contribution in [0.3, 0.4) is 0 Å². The number of fused-ring (bicyclic) bond motifs is 1. The van der Waals surface area contributed by atoms with Crippen LogP contribution in [0, 0.1) is 11.3 Å². The molecular formula is C13H9BrN2. The summed E-state index contributed by atoms with van der Waals surface area (Å²) in [6, 6.07) is 10.0. The van der Waals surface area contributed by atoms with E-state index in [4.69, 9.17) is 5.26 Å². The second kappa shape index (κ2) is 4.91. The van der Waals surface area contributed by atoms with Gasteiger partial charge in [-0.2, -0.15) is 5.26 Å². The van der Waals surface area contributed by atoms with E-state index in [1.54, 1.807) is 0 Å². The van der Waals surface area contributed by atoms with Crippen LogP contribution in [-0.2, 0) is 5.33 Å². The molecule has 0 amide bonds. The molecule has 0 aliphatic heterocycles. The van der Waals surface area contributed by atoms with Gasteiger partial charge in [-0.15, -0.1) is 0 Å². The molecule has 0 aliphatic rings. The van der Waals surface area contributed by atoms with Crippen molar-refractivity contribution in [1.82, 2.24) is 4.98 Å². The van der Waals surface area contributed by atoms with Crippen LogP contribution in [0.1, 0.15) is 11.3 Å². The third kappa shape index (κ3) is 1.98. The highest BCUT2D eigenvalue weighted by Gasteiger charge is 2.04. The summed E-state index contributed by atoms with van der Waals surface area (Å²) in [4.78, 5) is 4.37. The van der Waals surface area contributed by atoms with Crippen molar-refractivity contribution in [3.8, 4) is 6.07 Å². The average molecular weight is 273 g/mol. The molecule has 0 spiro atoms. The second-order valence-electron chi connectivity index (χ2n) is 3.30. The summed E-state index contributed by atoms with van der Waals surface area (Å²) in [5.74, 6) is 0. The van der Waals surface area contributed by atoms with Crippen LogP contribution >= 0.6 is 15.9 Å². The molecule has 78 valence electrons. The summed E-state index contributed by atoms with van der Waals surface area (Å²) < 4.78 is 0. The van der Waals surface area contributed by atoms with Crippen molar-refractivity contribution in [3.63, 3.8) is 0 Å². The Morgan fingerprint density at radius 3 is 2.94 bits per heavy atom. The van der Waals surface area contributed by atoms with Gasteiger partial charge in [0, 0.05) is 28.6 Å². The minimum absolute atomic E-state index is 0.683. The van der Waals surface area contributed by atoms with Gasteiger partial charge >= 0.3 is 0 Å². The third-order valence-corrected chi connectivity index (χ3v) is 2.90.